The zero-order chi connectivity index (χ0) is 24.9. The average Bonchev–Trinajstić information content (AvgIpc) is 2.87. The predicted octanol–water partition coefficient (Wildman–Crippen LogP) is 9.06. The Morgan fingerprint density at radius 1 is 1.00 bits per heavy atom. The Kier molecular flexibility index (Phi) is 10.9. The molecule has 0 radical (unpaired) electrons. The summed E-state index contributed by atoms with van der Waals surface area (Å²) in [6, 6.07) is 17.6. The van der Waals surface area contributed by atoms with E-state index in [2.05, 4.69) is 55.8 Å². The summed E-state index contributed by atoms with van der Waals surface area (Å²) < 4.78 is 20.7. The van der Waals surface area contributed by atoms with Crippen molar-refractivity contribution in [3.8, 4) is 22.4 Å². The highest BCUT2D eigenvalue weighted by molar-refractivity contribution is 5.68. The van der Waals surface area contributed by atoms with Crippen LogP contribution in [0.3, 0.4) is 0 Å². The summed E-state index contributed by atoms with van der Waals surface area (Å²) in [7, 11) is 0. The summed E-state index contributed by atoms with van der Waals surface area (Å²) in [6.45, 7) is 8.98. The zero-order valence-corrected chi connectivity index (χ0v) is 21.2. The number of unbranched alkanes of at least 4 members (excludes halogenated alkanes) is 3. The lowest BCUT2D eigenvalue weighted by Gasteiger charge is -2.12. The summed E-state index contributed by atoms with van der Waals surface area (Å²) in [5.41, 5.74) is 5.36. The second kappa shape index (κ2) is 14.4. The first-order chi connectivity index (χ1) is 17.1. The molecule has 2 nitrogen and oxygen atoms in total. The van der Waals surface area contributed by atoms with Crippen molar-refractivity contribution in [1.82, 2.24) is 4.98 Å². The maximum absolute atomic E-state index is 14.8. The van der Waals surface area contributed by atoms with Crippen molar-refractivity contribution in [3.05, 3.63) is 96.5 Å². The van der Waals surface area contributed by atoms with Gasteiger partial charge >= 0.3 is 0 Å². The molecule has 0 N–H and O–H groups in total. The highest BCUT2D eigenvalue weighted by Gasteiger charge is 2.07. The van der Waals surface area contributed by atoms with Crippen molar-refractivity contribution in [2.24, 2.45) is 0 Å². The molecule has 0 saturated heterocycles. The van der Waals surface area contributed by atoms with Crippen LogP contribution in [-0.4, -0.2) is 17.7 Å². The van der Waals surface area contributed by atoms with E-state index in [4.69, 9.17) is 4.74 Å². The molecule has 1 heterocycles. The van der Waals surface area contributed by atoms with Crippen molar-refractivity contribution in [3.63, 3.8) is 0 Å². The molecule has 3 aromatic rings. The van der Waals surface area contributed by atoms with E-state index in [-0.39, 0.29) is 5.82 Å². The van der Waals surface area contributed by atoms with Crippen LogP contribution in [0.5, 0.6) is 0 Å². The Morgan fingerprint density at radius 3 is 2.49 bits per heavy atom. The van der Waals surface area contributed by atoms with Crippen molar-refractivity contribution in [1.29, 1.82) is 0 Å². The van der Waals surface area contributed by atoms with E-state index in [0.717, 1.165) is 61.1 Å². The third-order valence-corrected chi connectivity index (χ3v) is 6.14. The number of halogens is 1. The van der Waals surface area contributed by atoms with Gasteiger partial charge in [-0.2, -0.15) is 0 Å². The van der Waals surface area contributed by atoms with E-state index < -0.39 is 0 Å². The van der Waals surface area contributed by atoms with Gasteiger partial charge in [0.25, 0.3) is 0 Å². The summed E-state index contributed by atoms with van der Waals surface area (Å²) in [6.07, 6.45) is 15.6. The molecule has 0 aliphatic heterocycles. The Labute approximate surface area is 210 Å². The fourth-order valence-electron chi connectivity index (χ4n) is 4.03. The van der Waals surface area contributed by atoms with Gasteiger partial charge in [0.1, 0.15) is 5.82 Å². The second-order valence-corrected chi connectivity index (χ2v) is 9.08. The van der Waals surface area contributed by atoms with Crippen LogP contribution in [0.2, 0.25) is 0 Å². The number of pyridine rings is 1. The summed E-state index contributed by atoms with van der Waals surface area (Å²) in [5.74, 6) is -0.232. The fraction of sp³-hybridized carbons (Fsp3) is 0.344. The Bertz CT molecular complexity index is 1070. The first-order valence-corrected chi connectivity index (χ1v) is 12.8. The molecule has 0 fully saturated rings. The van der Waals surface area contributed by atoms with Crippen LogP contribution in [0.25, 0.3) is 28.5 Å². The lowest BCUT2D eigenvalue weighted by Crippen LogP contribution is -2.08. The lowest BCUT2D eigenvalue weighted by atomic mass is 10.0. The normalized spacial score (nSPS) is 12.2. The number of rotatable bonds is 14. The van der Waals surface area contributed by atoms with Crippen LogP contribution >= 0.6 is 0 Å². The maximum Gasteiger partial charge on any atom is 0.131 e. The maximum atomic E-state index is 14.8. The predicted molar refractivity (Wildman–Crippen MR) is 147 cm³/mol. The highest BCUT2D eigenvalue weighted by Crippen LogP contribution is 2.26. The Hall–Kier alpha value is -3.04. The average molecular weight is 472 g/mol. The van der Waals surface area contributed by atoms with E-state index in [9.17, 15) is 4.39 Å². The van der Waals surface area contributed by atoms with Gasteiger partial charge in [-0.05, 0) is 62.3 Å². The molecule has 184 valence electrons. The highest BCUT2D eigenvalue weighted by atomic mass is 19.1. The minimum Gasteiger partial charge on any atom is -0.379 e. The molecule has 3 rings (SSSR count). The molecule has 0 saturated carbocycles. The molecule has 0 spiro atoms. The number of hydrogen-bond acceptors (Lipinski definition) is 2. The van der Waals surface area contributed by atoms with Crippen molar-refractivity contribution >= 4 is 6.08 Å². The van der Waals surface area contributed by atoms with E-state index in [1.54, 1.807) is 12.3 Å². The molecule has 1 atom stereocenters. The Morgan fingerprint density at radius 2 is 1.80 bits per heavy atom. The topological polar surface area (TPSA) is 22.1 Å². The molecular formula is C32H38FNO. The van der Waals surface area contributed by atoms with Crippen molar-refractivity contribution < 1.29 is 9.13 Å². The molecule has 0 bridgehead atoms. The zero-order valence-electron chi connectivity index (χ0n) is 21.2. The van der Waals surface area contributed by atoms with E-state index in [0.29, 0.717) is 11.7 Å². The first kappa shape index (κ1) is 26.6. The second-order valence-electron chi connectivity index (χ2n) is 9.08. The van der Waals surface area contributed by atoms with Gasteiger partial charge in [-0.15, -0.1) is 6.58 Å². The SMILES string of the molecule is C=CCc1ccc(-c2ccc(-c3ccc(C=CCCCC(C)OCCCCC)cc3F)cn2)cc1. The summed E-state index contributed by atoms with van der Waals surface area (Å²) in [5, 5.41) is 0. The molecule has 0 aliphatic carbocycles. The molecule has 3 heteroatoms. The van der Waals surface area contributed by atoms with Crippen LogP contribution in [0.1, 0.15) is 63.5 Å². The molecule has 0 aliphatic rings. The van der Waals surface area contributed by atoms with Crippen LogP contribution < -0.4 is 0 Å². The fourth-order valence-corrected chi connectivity index (χ4v) is 4.03. The number of benzene rings is 2. The van der Waals surface area contributed by atoms with Crippen molar-refractivity contribution in [2.45, 2.75) is 64.9 Å². The largest absolute Gasteiger partial charge is 0.379 e. The van der Waals surface area contributed by atoms with Gasteiger partial charge in [-0.3, -0.25) is 4.98 Å². The number of allylic oxidation sites excluding steroid dienone is 2. The van der Waals surface area contributed by atoms with Gasteiger partial charge in [-0.25, -0.2) is 4.39 Å². The number of aromatic nitrogens is 1. The van der Waals surface area contributed by atoms with E-state index >= 15 is 0 Å². The smallest absolute Gasteiger partial charge is 0.131 e. The summed E-state index contributed by atoms with van der Waals surface area (Å²) in [4.78, 5) is 4.57. The number of hydrogen-bond donors (Lipinski definition) is 0. The van der Waals surface area contributed by atoms with E-state index in [1.807, 2.05) is 36.4 Å². The minimum atomic E-state index is -0.232. The van der Waals surface area contributed by atoms with Gasteiger partial charge in [0, 0.05) is 29.5 Å². The molecule has 2 aromatic carbocycles. The van der Waals surface area contributed by atoms with Gasteiger partial charge in [0.05, 0.1) is 11.8 Å². The Balaban J connectivity index is 1.51. The van der Waals surface area contributed by atoms with Crippen LogP contribution in [0, 0.1) is 5.82 Å². The van der Waals surface area contributed by atoms with Crippen LogP contribution in [0.15, 0.2) is 79.5 Å². The third-order valence-electron chi connectivity index (χ3n) is 6.14. The standard InChI is InChI=1S/C32H38FNO/c1-4-6-10-22-35-25(3)12-8-7-9-13-27-16-20-30(31(33)23-27)29-19-21-32(34-24-29)28-17-14-26(11-5-2)15-18-28/h5,9,13-21,23-25H,2,4,6-8,10-12,22H2,1,3H3. The number of ether oxygens (including phenoxy) is 1. The summed E-state index contributed by atoms with van der Waals surface area (Å²) >= 11 is 0. The van der Waals surface area contributed by atoms with Gasteiger partial charge in [0.15, 0.2) is 0 Å². The van der Waals surface area contributed by atoms with Crippen LogP contribution in [-0.2, 0) is 11.2 Å². The molecule has 1 unspecified atom stereocenters. The lowest BCUT2D eigenvalue weighted by molar-refractivity contribution is 0.0566. The van der Waals surface area contributed by atoms with Crippen molar-refractivity contribution in [2.75, 3.05) is 6.61 Å². The minimum absolute atomic E-state index is 0.232. The molecule has 35 heavy (non-hydrogen) atoms. The molecule has 0 amide bonds. The first-order valence-electron chi connectivity index (χ1n) is 12.8. The van der Waals surface area contributed by atoms with E-state index in [1.165, 1.54) is 18.4 Å². The quantitative estimate of drug-likeness (QED) is 0.173. The van der Waals surface area contributed by atoms with Gasteiger partial charge in [-0.1, -0.05) is 80.5 Å². The third kappa shape index (κ3) is 8.60. The monoisotopic (exact) mass is 471 g/mol. The van der Waals surface area contributed by atoms with Gasteiger partial charge in [0.2, 0.25) is 0 Å². The molecule has 1 aromatic heterocycles. The van der Waals surface area contributed by atoms with Crippen LogP contribution in [0.4, 0.5) is 4.39 Å². The number of nitrogens with zero attached hydrogens (tertiary/aromatic N) is 1. The molecular weight excluding hydrogens is 433 g/mol. The van der Waals surface area contributed by atoms with Gasteiger partial charge < -0.3 is 4.74 Å².